The van der Waals surface area contributed by atoms with Crippen LogP contribution in [0.2, 0.25) is 5.02 Å². The summed E-state index contributed by atoms with van der Waals surface area (Å²) >= 11 is 6.20. The molecule has 1 fully saturated rings. The van der Waals surface area contributed by atoms with E-state index in [2.05, 4.69) is 27.4 Å². The summed E-state index contributed by atoms with van der Waals surface area (Å²) < 4.78 is 19.2. The van der Waals surface area contributed by atoms with Gasteiger partial charge in [-0.1, -0.05) is 29.8 Å². The molecule has 2 aromatic rings. The number of hydrogen-bond acceptors (Lipinski definition) is 5. The largest absolute Gasteiger partial charge is 0.463 e. The van der Waals surface area contributed by atoms with Gasteiger partial charge < -0.3 is 20.3 Å². The number of benzene rings is 2. The van der Waals surface area contributed by atoms with Crippen LogP contribution in [0.4, 0.5) is 14.9 Å². The van der Waals surface area contributed by atoms with Crippen LogP contribution >= 0.6 is 11.6 Å². The highest BCUT2D eigenvalue weighted by molar-refractivity contribution is 6.30. The third-order valence-corrected chi connectivity index (χ3v) is 6.33. The molecule has 34 heavy (non-hydrogen) atoms. The van der Waals surface area contributed by atoms with Gasteiger partial charge in [-0.3, -0.25) is 4.90 Å². The van der Waals surface area contributed by atoms with Crippen molar-refractivity contribution in [1.29, 1.82) is 0 Å². The second kappa shape index (κ2) is 10.4. The highest BCUT2D eigenvalue weighted by Gasteiger charge is 2.35. The molecule has 2 heterocycles. The molecule has 1 saturated heterocycles. The zero-order chi connectivity index (χ0) is 24.2. The van der Waals surface area contributed by atoms with Gasteiger partial charge in [0.15, 0.2) is 0 Å². The number of ether oxygens (including phenoxy) is 1. The van der Waals surface area contributed by atoms with Crippen molar-refractivity contribution in [2.75, 3.05) is 44.2 Å². The quantitative estimate of drug-likeness (QED) is 0.608. The van der Waals surface area contributed by atoms with E-state index >= 15 is 0 Å². The number of esters is 1. The lowest BCUT2D eigenvalue weighted by Gasteiger charge is -2.38. The van der Waals surface area contributed by atoms with Gasteiger partial charge in [0.1, 0.15) is 5.82 Å². The van der Waals surface area contributed by atoms with Gasteiger partial charge in [-0.2, -0.15) is 0 Å². The Bertz CT molecular complexity index is 1120. The predicted octanol–water partition coefficient (Wildman–Crippen LogP) is 3.78. The summed E-state index contributed by atoms with van der Waals surface area (Å²) in [6, 6.07) is 10.5. The van der Waals surface area contributed by atoms with Gasteiger partial charge in [-0.25, -0.2) is 14.0 Å². The molecule has 2 aliphatic heterocycles. The number of nitrogens with one attached hydrogen (secondary N) is 2. The standard InChI is InChI=1S/C25H28ClFN4O3/c1-3-34-24(32)22-20(28-25(33)29-23(22)17-5-4-6-19(27)13-17)15-30-9-11-31(12-10-30)21-14-18(26)8-7-16(21)2/h4-8,13-14,23H,3,9-12,15H2,1-2H3,(H2,28,29,33). The van der Waals surface area contributed by atoms with Crippen LogP contribution in [0, 0.1) is 12.7 Å². The fraction of sp³-hybridized carbons (Fsp3) is 0.360. The molecule has 180 valence electrons. The van der Waals surface area contributed by atoms with E-state index in [0.717, 1.165) is 37.4 Å². The number of nitrogens with zero attached hydrogens (tertiary/aromatic N) is 2. The molecule has 2 amide bonds. The maximum atomic E-state index is 13.9. The lowest BCUT2D eigenvalue weighted by Crippen LogP contribution is -2.52. The van der Waals surface area contributed by atoms with Crippen LogP contribution in [0.1, 0.15) is 24.1 Å². The minimum Gasteiger partial charge on any atom is -0.463 e. The Balaban J connectivity index is 1.56. The molecule has 7 nitrogen and oxygen atoms in total. The van der Waals surface area contributed by atoms with Crippen molar-refractivity contribution in [1.82, 2.24) is 15.5 Å². The summed E-state index contributed by atoms with van der Waals surface area (Å²) in [5.74, 6) is -0.977. The third-order valence-electron chi connectivity index (χ3n) is 6.10. The molecular weight excluding hydrogens is 459 g/mol. The molecule has 1 atom stereocenters. The molecule has 2 aliphatic rings. The number of hydrogen-bond donors (Lipinski definition) is 2. The van der Waals surface area contributed by atoms with Crippen LogP contribution in [0.15, 0.2) is 53.7 Å². The van der Waals surface area contributed by atoms with Gasteiger partial charge in [0.05, 0.1) is 18.2 Å². The molecule has 9 heteroatoms. The molecule has 2 N–H and O–H groups in total. The van der Waals surface area contributed by atoms with Crippen molar-refractivity contribution < 1.29 is 18.7 Å². The first-order chi connectivity index (χ1) is 16.4. The molecule has 0 radical (unpaired) electrons. The number of rotatable bonds is 6. The lowest BCUT2D eigenvalue weighted by atomic mass is 9.94. The summed E-state index contributed by atoms with van der Waals surface area (Å²) in [7, 11) is 0. The number of carbonyl (C=O) groups is 2. The Morgan fingerprint density at radius 3 is 2.65 bits per heavy atom. The fourth-order valence-electron chi connectivity index (χ4n) is 4.42. The van der Waals surface area contributed by atoms with Crippen LogP contribution in [0.3, 0.4) is 0 Å². The summed E-state index contributed by atoms with van der Waals surface area (Å²) in [5, 5.41) is 6.23. The molecule has 0 aromatic heterocycles. The van der Waals surface area contributed by atoms with Gasteiger partial charge >= 0.3 is 12.0 Å². The van der Waals surface area contributed by atoms with Crippen LogP contribution in [0.5, 0.6) is 0 Å². The summed E-state index contributed by atoms with van der Waals surface area (Å²) in [4.78, 5) is 29.9. The van der Waals surface area contributed by atoms with E-state index < -0.39 is 23.9 Å². The number of amides is 2. The van der Waals surface area contributed by atoms with E-state index in [4.69, 9.17) is 16.3 Å². The Kier molecular flexibility index (Phi) is 7.38. The van der Waals surface area contributed by atoms with Crippen molar-refractivity contribution in [3.05, 3.63) is 75.7 Å². The molecular formula is C25H28ClFN4O3. The SMILES string of the molecule is CCOC(=O)C1=C(CN2CCN(c3cc(Cl)ccc3C)CC2)NC(=O)NC1c1cccc(F)c1. The topological polar surface area (TPSA) is 73.9 Å². The molecule has 0 bridgehead atoms. The minimum absolute atomic E-state index is 0.192. The van der Waals surface area contributed by atoms with Gasteiger partial charge in [0.2, 0.25) is 0 Å². The van der Waals surface area contributed by atoms with Crippen LogP contribution in [0.25, 0.3) is 0 Å². The Labute approximate surface area is 203 Å². The average Bonchev–Trinajstić information content (AvgIpc) is 2.81. The molecule has 2 aromatic carbocycles. The monoisotopic (exact) mass is 486 g/mol. The van der Waals surface area contributed by atoms with Crippen molar-refractivity contribution in [2.45, 2.75) is 19.9 Å². The Hall–Kier alpha value is -3.10. The van der Waals surface area contributed by atoms with Gasteiger partial charge in [-0.05, 0) is 49.2 Å². The van der Waals surface area contributed by atoms with Crippen molar-refractivity contribution >= 4 is 29.3 Å². The molecule has 4 rings (SSSR count). The van der Waals surface area contributed by atoms with Crippen molar-refractivity contribution in [3.8, 4) is 0 Å². The second-order valence-electron chi connectivity index (χ2n) is 8.39. The number of anilines is 1. The maximum Gasteiger partial charge on any atom is 0.338 e. The molecule has 1 unspecified atom stereocenters. The normalized spacial score (nSPS) is 19.0. The third kappa shape index (κ3) is 5.34. The van der Waals surface area contributed by atoms with Crippen molar-refractivity contribution in [2.24, 2.45) is 0 Å². The Morgan fingerprint density at radius 2 is 1.94 bits per heavy atom. The minimum atomic E-state index is -0.797. The van der Waals surface area contributed by atoms with Gasteiger partial charge in [0, 0.05) is 49.1 Å². The van der Waals surface area contributed by atoms with Gasteiger partial charge in [0.25, 0.3) is 0 Å². The van der Waals surface area contributed by atoms with Crippen molar-refractivity contribution in [3.63, 3.8) is 0 Å². The fourth-order valence-corrected chi connectivity index (χ4v) is 4.59. The lowest BCUT2D eigenvalue weighted by molar-refractivity contribution is -0.139. The van der Waals surface area contributed by atoms with E-state index in [0.29, 0.717) is 28.4 Å². The van der Waals surface area contributed by atoms with Crippen LogP contribution in [-0.2, 0) is 9.53 Å². The smallest absolute Gasteiger partial charge is 0.338 e. The van der Waals surface area contributed by atoms with Crippen LogP contribution < -0.4 is 15.5 Å². The zero-order valence-corrected chi connectivity index (χ0v) is 20.0. The van der Waals surface area contributed by atoms with E-state index in [9.17, 15) is 14.0 Å². The summed E-state index contributed by atoms with van der Waals surface area (Å²) in [6.07, 6.45) is 0. The highest BCUT2D eigenvalue weighted by atomic mass is 35.5. The predicted molar refractivity (Wildman–Crippen MR) is 129 cm³/mol. The maximum absolute atomic E-state index is 13.9. The first kappa shape index (κ1) is 24.0. The molecule has 0 spiro atoms. The van der Waals surface area contributed by atoms with Crippen LogP contribution in [-0.4, -0.2) is 56.2 Å². The number of piperazine rings is 1. The molecule has 0 aliphatic carbocycles. The molecule has 0 saturated carbocycles. The highest BCUT2D eigenvalue weighted by Crippen LogP contribution is 2.29. The Morgan fingerprint density at radius 1 is 1.18 bits per heavy atom. The number of carbonyl (C=O) groups excluding carboxylic acids is 2. The van der Waals surface area contributed by atoms with Gasteiger partial charge in [-0.15, -0.1) is 0 Å². The first-order valence-electron chi connectivity index (χ1n) is 11.3. The zero-order valence-electron chi connectivity index (χ0n) is 19.2. The van der Waals surface area contributed by atoms with E-state index in [-0.39, 0.29) is 6.61 Å². The number of halogens is 2. The van der Waals surface area contributed by atoms with E-state index in [1.165, 1.54) is 12.1 Å². The average molecular weight is 487 g/mol. The summed E-state index contributed by atoms with van der Waals surface area (Å²) in [5.41, 5.74) is 3.52. The number of urea groups is 1. The summed E-state index contributed by atoms with van der Waals surface area (Å²) in [6.45, 7) is 7.38. The van der Waals surface area contributed by atoms with E-state index in [1.807, 2.05) is 18.2 Å². The number of aryl methyl sites for hydroxylation is 1. The first-order valence-corrected chi connectivity index (χ1v) is 11.7. The van der Waals surface area contributed by atoms with E-state index in [1.54, 1.807) is 19.1 Å². The second-order valence-corrected chi connectivity index (χ2v) is 8.83.